The van der Waals surface area contributed by atoms with Crippen LogP contribution in [0.3, 0.4) is 0 Å². The second-order valence-electron chi connectivity index (χ2n) is 5.56. The standard InChI is InChI=1S/C19H20N2O2/c1-4-23-16-9-10-17-14(11-16)12-18(21(17)3)19(22)20-15-7-5-13(2)6-8-15/h5-12H,4H2,1-3H3,(H,20,22). The van der Waals surface area contributed by atoms with E-state index in [0.29, 0.717) is 12.3 Å². The molecular formula is C19H20N2O2. The third-order valence-electron chi connectivity index (χ3n) is 3.87. The summed E-state index contributed by atoms with van der Waals surface area (Å²) in [5, 5.41) is 3.93. The quantitative estimate of drug-likeness (QED) is 0.787. The first-order valence-corrected chi connectivity index (χ1v) is 7.69. The summed E-state index contributed by atoms with van der Waals surface area (Å²) in [5.74, 6) is 0.696. The van der Waals surface area contributed by atoms with E-state index in [1.165, 1.54) is 0 Å². The summed E-state index contributed by atoms with van der Waals surface area (Å²) >= 11 is 0. The molecule has 0 saturated carbocycles. The highest BCUT2D eigenvalue weighted by Crippen LogP contribution is 2.24. The van der Waals surface area contributed by atoms with E-state index in [-0.39, 0.29) is 5.91 Å². The van der Waals surface area contributed by atoms with Crippen molar-refractivity contribution in [1.29, 1.82) is 0 Å². The summed E-state index contributed by atoms with van der Waals surface area (Å²) in [5.41, 5.74) is 3.58. The summed E-state index contributed by atoms with van der Waals surface area (Å²) < 4.78 is 7.42. The van der Waals surface area contributed by atoms with Crippen LogP contribution >= 0.6 is 0 Å². The van der Waals surface area contributed by atoms with E-state index >= 15 is 0 Å². The highest BCUT2D eigenvalue weighted by atomic mass is 16.5. The van der Waals surface area contributed by atoms with Crippen molar-refractivity contribution in [3.63, 3.8) is 0 Å². The molecule has 0 fully saturated rings. The molecule has 23 heavy (non-hydrogen) atoms. The van der Waals surface area contributed by atoms with Crippen molar-refractivity contribution in [2.45, 2.75) is 13.8 Å². The largest absolute Gasteiger partial charge is 0.494 e. The van der Waals surface area contributed by atoms with Gasteiger partial charge in [-0.15, -0.1) is 0 Å². The first kappa shape index (κ1) is 15.2. The van der Waals surface area contributed by atoms with Crippen molar-refractivity contribution in [2.24, 2.45) is 7.05 Å². The molecule has 3 rings (SSSR count). The average Bonchev–Trinajstić information content (AvgIpc) is 2.87. The minimum absolute atomic E-state index is 0.120. The molecule has 1 heterocycles. The predicted octanol–water partition coefficient (Wildman–Crippen LogP) is 4.14. The molecule has 1 aromatic heterocycles. The highest BCUT2D eigenvalue weighted by molar-refractivity contribution is 6.06. The number of aryl methyl sites for hydroxylation is 2. The van der Waals surface area contributed by atoms with E-state index in [4.69, 9.17) is 4.74 Å². The summed E-state index contributed by atoms with van der Waals surface area (Å²) in [6.07, 6.45) is 0. The lowest BCUT2D eigenvalue weighted by Crippen LogP contribution is -2.15. The van der Waals surface area contributed by atoms with Crippen molar-refractivity contribution in [1.82, 2.24) is 4.57 Å². The minimum Gasteiger partial charge on any atom is -0.494 e. The molecule has 0 unspecified atom stereocenters. The van der Waals surface area contributed by atoms with Gasteiger partial charge in [0.15, 0.2) is 0 Å². The van der Waals surface area contributed by atoms with Crippen LogP contribution in [-0.2, 0) is 7.05 Å². The maximum atomic E-state index is 12.5. The number of hydrogen-bond donors (Lipinski definition) is 1. The Morgan fingerprint density at radius 2 is 1.87 bits per heavy atom. The van der Waals surface area contributed by atoms with Crippen LogP contribution in [-0.4, -0.2) is 17.1 Å². The number of nitrogens with zero attached hydrogens (tertiary/aromatic N) is 1. The first-order chi connectivity index (χ1) is 11.1. The molecule has 0 atom stereocenters. The van der Waals surface area contributed by atoms with Gasteiger partial charge in [0.2, 0.25) is 0 Å². The summed E-state index contributed by atoms with van der Waals surface area (Å²) in [7, 11) is 1.90. The molecule has 3 aromatic rings. The van der Waals surface area contributed by atoms with Gasteiger partial charge in [-0.3, -0.25) is 4.79 Å². The lowest BCUT2D eigenvalue weighted by Gasteiger charge is -2.07. The van der Waals surface area contributed by atoms with E-state index < -0.39 is 0 Å². The zero-order chi connectivity index (χ0) is 16.4. The van der Waals surface area contributed by atoms with Gasteiger partial charge in [-0.05, 0) is 50.2 Å². The number of amides is 1. The van der Waals surface area contributed by atoms with Gasteiger partial charge >= 0.3 is 0 Å². The fourth-order valence-electron chi connectivity index (χ4n) is 2.63. The lowest BCUT2D eigenvalue weighted by molar-refractivity contribution is 0.102. The third kappa shape index (κ3) is 3.06. The Balaban J connectivity index is 1.90. The van der Waals surface area contributed by atoms with Crippen LogP contribution in [0.15, 0.2) is 48.5 Å². The minimum atomic E-state index is -0.120. The number of rotatable bonds is 4. The van der Waals surface area contributed by atoms with Crippen molar-refractivity contribution < 1.29 is 9.53 Å². The number of aromatic nitrogens is 1. The molecule has 0 spiro atoms. The zero-order valence-corrected chi connectivity index (χ0v) is 13.6. The second-order valence-corrected chi connectivity index (χ2v) is 5.56. The molecule has 4 nitrogen and oxygen atoms in total. The van der Waals surface area contributed by atoms with Crippen LogP contribution in [0.25, 0.3) is 10.9 Å². The molecule has 0 radical (unpaired) electrons. The van der Waals surface area contributed by atoms with Crippen LogP contribution < -0.4 is 10.1 Å². The Kier molecular flexibility index (Phi) is 4.06. The van der Waals surface area contributed by atoms with E-state index in [0.717, 1.165) is 27.9 Å². The Hall–Kier alpha value is -2.75. The Bertz CT molecular complexity index is 848. The molecule has 118 valence electrons. The van der Waals surface area contributed by atoms with Gasteiger partial charge in [0, 0.05) is 23.6 Å². The Morgan fingerprint density at radius 1 is 1.13 bits per heavy atom. The molecule has 1 N–H and O–H groups in total. The highest BCUT2D eigenvalue weighted by Gasteiger charge is 2.14. The van der Waals surface area contributed by atoms with Crippen molar-refractivity contribution in [3.8, 4) is 5.75 Å². The zero-order valence-electron chi connectivity index (χ0n) is 13.6. The number of hydrogen-bond acceptors (Lipinski definition) is 2. The van der Waals surface area contributed by atoms with Crippen LogP contribution in [0.5, 0.6) is 5.75 Å². The van der Waals surface area contributed by atoms with E-state index in [2.05, 4.69) is 5.32 Å². The van der Waals surface area contributed by atoms with Crippen molar-refractivity contribution >= 4 is 22.5 Å². The number of ether oxygens (including phenoxy) is 1. The van der Waals surface area contributed by atoms with Gasteiger partial charge in [-0.1, -0.05) is 17.7 Å². The average molecular weight is 308 g/mol. The number of nitrogens with one attached hydrogen (secondary N) is 1. The fourth-order valence-corrected chi connectivity index (χ4v) is 2.63. The molecule has 1 amide bonds. The molecule has 0 bridgehead atoms. The van der Waals surface area contributed by atoms with Crippen molar-refractivity contribution in [3.05, 3.63) is 59.8 Å². The molecule has 0 aliphatic rings. The fraction of sp³-hybridized carbons (Fsp3) is 0.211. The summed E-state index contributed by atoms with van der Waals surface area (Å²) in [6.45, 7) is 4.60. The molecule has 0 saturated heterocycles. The van der Waals surface area contributed by atoms with Gasteiger partial charge in [0.25, 0.3) is 5.91 Å². The molecular weight excluding hydrogens is 288 g/mol. The summed E-state index contributed by atoms with van der Waals surface area (Å²) in [6, 6.07) is 15.5. The molecule has 0 aliphatic heterocycles. The topological polar surface area (TPSA) is 43.3 Å². The number of carbonyl (C=O) groups excluding carboxylic acids is 1. The normalized spacial score (nSPS) is 10.7. The number of carbonyl (C=O) groups is 1. The Morgan fingerprint density at radius 3 is 2.57 bits per heavy atom. The Labute approximate surface area is 135 Å². The van der Waals surface area contributed by atoms with Crippen LogP contribution in [0.1, 0.15) is 23.0 Å². The number of anilines is 1. The van der Waals surface area contributed by atoms with Crippen molar-refractivity contribution in [2.75, 3.05) is 11.9 Å². The monoisotopic (exact) mass is 308 g/mol. The third-order valence-corrected chi connectivity index (χ3v) is 3.87. The molecule has 2 aromatic carbocycles. The predicted molar refractivity (Wildman–Crippen MR) is 93.2 cm³/mol. The first-order valence-electron chi connectivity index (χ1n) is 7.69. The maximum Gasteiger partial charge on any atom is 0.272 e. The molecule has 4 heteroatoms. The number of fused-ring (bicyclic) bond motifs is 1. The van der Waals surface area contributed by atoms with Gasteiger partial charge in [-0.25, -0.2) is 0 Å². The van der Waals surface area contributed by atoms with Gasteiger partial charge < -0.3 is 14.6 Å². The maximum absolute atomic E-state index is 12.5. The van der Waals surface area contributed by atoms with Gasteiger partial charge in [-0.2, -0.15) is 0 Å². The second kappa shape index (κ2) is 6.16. The van der Waals surface area contributed by atoms with Crippen LogP contribution in [0.2, 0.25) is 0 Å². The van der Waals surface area contributed by atoms with Gasteiger partial charge in [0.1, 0.15) is 11.4 Å². The molecule has 0 aliphatic carbocycles. The van der Waals surface area contributed by atoms with E-state index in [1.807, 2.05) is 74.0 Å². The van der Waals surface area contributed by atoms with Crippen LogP contribution in [0, 0.1) is 6.92 Å². The number of benzene rings is 2. The lowest BCUT2D eigenvalue weighted by atomic mass is 10.2. The van der Waals surface area contributed by atoms with E-state index in [9.17, 15) is 4.79 Å². The smallest absolute Gasteiger partial charge is 0.272 e. The van der Waals surface area contributed by atoms with E-state index in [1.54, 1.807) is 0 Å². The SMILES string of the molecule is CCOc1ccc2c(c1)cc(C(=O)Nc1ccc(C)cc1)n2C. The van der Waals surface area contributed by atoms with Gasteiger partial charge in [0.05, 0.1) is 6.61 Å². The van der Waals surface area contributed by atoms with Crippen LogP contribution in [0.4, 0.5) is 5.69 Å². The summed E-state index contributed by atoms with van der Waals surface area (Å²) in [4.78, 5) is 12.5.